The van der Waals surface area contributed by atoms with Crippen molar-refractivity contribution in [2.24, 2.45) is 16.6 Å². The summed E-state index contributed by atoms with van der Waals surface area (Å²) >= 11 is 0. The third-order valence-corrected chi connectivity index (χ3v) is 4.68. The predicted molar refractivity (Wildman–Crippen MR) is 74.7 cm³/mol. The Morgan fingerprint density at radius 2 is 2.16 bits per heavy atom. The first-order valence-electron chi connectivity index (χ1n) is 7.25. The molecule has 1 unspecified atom stereocenters. The van der Waals surface area contributed by atoms with Crippen LogP contribution < -0.4 is 11.1 Å². The average Bonchev–Trinajstić information content (AvgIpc) is 2.89. The second-order valence-electron chi connectivity index (χ2n) is 5.65. The van der Waals surface area contributed by atoms with Crippen LogP contribution in [0.2, 0.25) is 0 Å². The Morgan fingerprint density at radius 1 is 1.47 bits per heavy atom. The van der Waals surface area contributed by atoms with Crippen molar-refractivity contribution in [3.8, 4) is 0 Å². The van der Waals surface area contributed by atoms with Crippen molar-refractivity contribution in [2.75, 3.05) is 32.9 Å². The Labute approximate surface area is 115 Å². The zero-order chi connectivity index (χ0) is 14.4. The molecule has 1 aliphatic heterocycles. The van der Waals surface area contributed by atoms with Crippen molar-refractivity contribution in [3.63, 3.8) is 0 Å². The summed E-state index contributed by atoms with van der Waals surface area (Å²) in [4.78, 5) is 12.4. The maximum Gasteiger partial charge on any atom is 0.227 e. The lowest BCUT2D eigenvalue weighted by Gasteiger charge is -2.32. The van der Waals surface area contributed by atoms with Gasteiger partial charge in [0.1, 0.15) is 0 Å². The van der Waals surface area contributed by atoms with E-state index in [-0.39, 0.29) is 17.9 Å². The van der Waals surface area contributed by atoms with Gasteiger partial charge in [-0.1, -0.05) is 13.8 Å². The number of rotatable bonds is 8. The number of carbonyl (C=O) groups excluding carboxylic acids is 1. The molecular weight excluding hydrogens is 244 g/mol. The Morgan fingerprint density at radius 3 is 2.58 bits per heavy atom. The molecule has 0 aromatic carbocycles. The lowest BCUT2D eigenvalue weighted by Crippen LogP contribution is -2.48. The van der Waals surface area contributed by atoms with Crippen LogP contribution in [0.1, 0.15) is 39.5 Å². The standard InChI is InChI=1S/C14H28N2O3/c1-3-14(4-2,9-15)12(18)16-10-13(5-7-17)6-8-19-11-13/h17H,3-11,15H2,1-2H3,(H,16,18). The van der Waals surface area contributed by atoms with Gasteiger partial charge in [-0.05, 0) is 25.7 Å². The van der Waals surface area contributed by atoms with Crippen LogP contribution in [0, 0.1) is 10.8 Å². The molecule has 5 heteroatoms. The quantitative estimate of drug-likeness (QED) is 0.606. The lowest BCUT2D eigenvalue weighted by molar-refractivity contribution is -0.131. The predicted octanol–water partition coefficient (Wildman–Crippen LogP) is 0.657. The fourth-order valence-corrected chi connectivity index (χ4v) is 2.72. The van der Waals surface area contributed by atoms with Gasteiger partial charge < -0.3 is 20.9 Å². The van der Waals surface area contributed by atoms with Crippen LogP contribution >= 0.6 is 0 Å². The summed E-state index contributed by atoms with van der Waals surface area (Å²) in [7, 11) is 0. The van der Waals surface area contributed by atoms with Crippen molar-refractivity contribution < 1.29 is 14.6 Å². The number of nitrogens with one attached hydrogen (secondary N) is 1. The molecule has 0 radical (unpaired) electrons. The van der Waals surface area contributed by atoms with Crippen molar-refractivity contribution >= 4 is 5.91 Å². The maximum absolute atomic E-state index is 12.4. The highest BCUT2D eigenvalue weighted by molar-refractivity contribution is 5.82. The van der Waals surface area contributed by atoms with Gasteiger partial charge in [0.2, 0.25) is 5.91 Å². The van der Waals surface area contributed by atoms with Gasteiger partial charge in [0.15, 0.2) is 0 Å². The largest absolute Gasteiger partial charge is 0.396 e. The summed E-state index contributed by atoms with van der Waals surface area (Å²) in [6.45, 7) is 6.38. The molecule has 1 fully saturated rings. The van der Waals surface area contributed by atoms with E-state index in [0.29, 0.717) is 32.7 Å². The maximum atomic E-state index is 12.4. The zero-order valence-electron chi connectivity index (χ0n) is 12.2. The van der Waals surface area contributed by atoms with Gasteiger partial charge in [-0.3, -0.25) is 4.79 Å². The normalized spacial score (nSPS) is 23.6. The molecule has 5 nitrogen and oxygen atoms in total. The number of aliphatic hydroxyl groups is 1. The lowest BCUT2D eigenvalue weighted by atomic mass is 9.80. The molecule has 112 valence electrons. The zero-order valence-corrected chi connectivity index (χ0v) is 12.2. The van der Waals surface area contributed by atoms with Crippen LogP contribution in [0.3, 0.4) is 0 Å². The Bertz CT molecular complexity index is 276. The van der Waals surface area contributed by atoms with E-state index in [0.717, 1.165) is 19.3 Å². The Balaban J connectivity index is 2.61. The summed E-state index contributed by atoms with van der Waals surface area (Å²) in [5, 5.41) is 12.2. The van der Waals surface area contributed by atoms with E-state index in [1.807, 2.05) is 13.8 Å². The molecule has 1 amide bonds. The Kier molecular flexibility index (Phi) is 6.23. The van der Waals surface area contributed by atoms with Crippen LogP contribution in [-0.2, 0) is 9.53 Å². The summed E-state index contributed by atoms with van der Waals surface area (Å²) in [5.41, 5.74) is 5.22. The van der Waals surface area contributed by atoms with E-state index in [9.17, 15) is 4.79 Å². The first-order valence-corrected chi connectivity index (χ1v) is 7.25. The van der Waals surface area contributed by atoms with Gasteiger partial charge in [-0.25, -0.2) is 0 Å². The number of amides is 1. The summed E-state index contributed by atoms with van der Waals surface area (Å²) < 4.78 is 5.42. The van der Waals surface area contributed by atoms with Crippen molar-refractivity contribution in [2.45, 2.75) is 39.5 Å². The minimum atomic E-state index is -0.458. The highest BCUT2D eigenvalue weighted by atomic mass is 16.5. The van der Waals surface area contributed by atoms with Crippen LogP contribution in [-0.4, -0.2) is 43.9 Å². The van der Waals surface area contributed by atoms with Gasteiger partial charge >= 0.3 is 0 Å². The number of hydrogen-bond acceptors (Lipinski definition) is 4. The molecule has 1 aliphatic rings. The molecule has 0 aromatic rings. The van der Waals surface area contributed by atoms with Gasteiger partial charge in [-0.2, -0.15) is 0 Å². The molecule has 1 heterocycles. The smallest absolute Gasteiger partial charge is 0.227 e. The molecule has 0 bridgehead atoms. The average molecular weight is 272 g/mol. The first-order chi connectivity index (χ1) is 9.08. The van der Waals surface area contributed by atoms with Crippen LogP contribution in [0.15, 0.2) is 0 Å². The number of hydrogen-bond donors (Lipinski definition) is 3. The highest BCUT2D eigenvalue weighted by Crippen LogP contribution is 2.32. The third kappa shape index (κ3) is 3.68. The van der Waals surface area contributed by atoms with Crippen molar-refractivity contribution in [1.82, 2.24) is 5.32 Å². The molecule has 19 heavy (non-hydrogen) atoms. The summed E-state index contributed by atoms with van der Waals surface area (Å²) in [6.07, 6.45) is 3.05. The fourth-order valence-electron chi connectivity index (χ4n) is 2.72. The second-order valence-corrected chi connectivity index (χ2v) is 5.65. The third-order valence-electron chi connectivity index (χ3n) is 4.68. The molecule has 0 saturated carbocycles. The topological polar surface area (TPSA) is 84.6 Å². The molecular formula is C14H28N2O3. The van der Waals surface area contributed by atoms with Crippen LogP contribution in [0.25, 0.3) is 0 Å². The monoisotopic (exact) mass is 272 g/mol. The van der Waals surface area contributed by atoms with E-state index < -0.39 is 5.41 Å². The van der Waals surface area contributed by atoms with Crippen molar-refractivity contribution in [3.05, 3.63) is 0 Å². The number of aliphatic hydroxyl groups excluding tert-OH is 1. The van der Waals surface area contributed by atoms with Gasteiger partial charge in [0.25, 0.3) is 0 Å². The SMILES string of the molecule is CCC(CC)(CN)C(=O)NCC1(CCO)CCOC1. The summed E-state index contributed by atoms with van der Waals surface area (Å²) in [6, 6.07) is 0. The van der Waals surface area contributed by atoms with Crippen LogP contribution in [0.4, 0.5) is 0 Å². The number of ether oxygens (including phenoxy) is 1. The molecule has 1 rings (SSSR count). The van der Waals surface area contributed by atoms with E-state index in [2.05, 4.69) is 5.32 Å². The fraction of sp³-hybridized carbons (Fsp3) is 0.929. The minimum Gasteiger partial charge on any atom is -0.396 e. The van der Waals surface area contributed by atoms with E-state index in [4.69, 9.17) is 15.6 Å². The molecule has 0 spiro atoms. The Hall–Kier alpha value is -0.650. The molecule has 0 aromatic heterocycles. The highest BCUT2D eigenvalue weighted by Gasteiger charge is 2.38. The van der Waals surface area contributed by atoms with Crippen LogP contribution in [0.5, 0.6) is 0 Å². The van der Waals surface area contributed by atoms with E-state index in [1.54, 1.807) is 0 Å². The van der Waals surface area contributed by atoms with Gasteiger partial charge in [-0.15, -0.1) is 0 Å². The van der Waals surface area contributed by atoms with Crippen molar-refractivity contribution in [1.29, 1.82) is 0 Å². The molecule has 0 aliphatic carbocycles. The first kappa shape index (κ1) is 16.4. The van der Waals surface area contributed by atoms with Gasteiger partial charge in [0, 0.05) is 31.7 Å². The van der Waals surface area contributed by atoms with E-state index >= 15 is 0 Å². The minimum absolute atomic E-state index is 0.0317. The molecule has 1 atom stereocenters. The van der Waals surface area contributed by atoms with Gasteiger partial charge in [0.05, 0.1) is 12.0 Å². The summed E-state index contributed by atoms with van der Waals surface area (Å²) in [5.74, 6) is 0.0317. The second kappa shape index (κ2) is 7.22. The molecule has 1 saturated heterocycles. The number of nitrogens with two attached hydrogens (primary N) is 1. The van der Waals surface area contributed by atoms with E-state index in [1.165, 1.54) is 0 Å². The molecule has 4 N–H and O–H groups in total. The number of carbonyl (C=O) groups is 1.